The number of ether oxygens (including phenoxy) is 1. The number of hydrazine groups is 1. The van der Waals surface area contributed by atoms with Crippen molar-refractivity contribution in [2.45, 2.75) is 25.9 Å². The Bertz CT molecular complexity index is 440. The van der Waals surface area contributed by atoms with Crippen LogP contribution in [0.3, 0.4) is 0 Å². The fourth-order valence-corrected chi connectivity index (χ4v) is 2.66. The predicted molar refractivity (Wildman–Crippen MR) is 76.0 cm³/mol. The molecule has 1 unspecified atom stereocenters. The third-order valence-electron chi connectivity index (χ3n) is 3.02. The van der Waals surface area contributed by atoms with Gasteiger partial charge in [0.05, 0.1) is 19.8 Å². The second-order valence-electron chi connectivity index (χ2n) is 4.50. The molecule has 20 heavy (non-hydrogen) atoms. The van der Waals surface area contributed by atoms with Crippen LogP contribution in [0.25, 0.3) is 0 Å². The van der Waals surface area contributed by atoms with Crippen LogP contribution >= 0.6 is 11.3 Å². The highest BCUT2D eigenvalue weighted by molar-refractivity contribution is 7.15. The topological polar surface area (TPSA) is 105 Å². The van der Waals surface area contributed by atoms with Crippen LogP contribution in [0.15, 0.2) is 0 Å². The number of nitrogens with one attached hydrogen (secondary N) is 2. The van der Waals surface area contributed by atoms with Gasteiger partial charge in [-0.15, -0.1) is 10.2 Å². The second kappa shape index (κ2) is 7.48. The summed E-state index contributed by atoms with van der Waals surface area (Å²) in [5.41, 5.74) is 2.47. The fourth-order valence-electron chi connectivity index (χ4n) is 1.98. The molecule has 1 aromatic rings. The van der Waals surface area contributed by atoms with E-state index in [-0.39, 0.29) is 11.9 Å². The van der Waals surface area contributed by atoms with E-state index in [0.717, 1.165) is 11.4 Å². The van der Waals surface area contributed by atoms with Crippen LogP contribution in [0, 0.1) is 0 Å². The molecule has 1 aromatic heterocycles. The minimum absolute atomic E-state index is 0.00763. The molecule has 1 amide bonds. The first-order valence-electron chi connectivity index (χ1n) is 6.63. The Morgan fingerprint density at radius 2 is 2.45 bits per heavy atom. The number of nitrogen functional groups attached to an aromatic ring is 1. The molecule has 1 atom stereocenters. The Labute approximate surface area is 121 Å². The van der Waals surface area contributed by atoms with Gasteiger partial charge in [-0.1, -0.05) is 18.3 Å². The lowest BCUT2D eigenvalue weighted by Gasteiger charge is -2.33. The van der Waals surface area contributed by atoms with Crippen LogP contribution in [0.2, 0.25) is 0 Å². The first-order chi connectivity index (χ1) is 9.74. The molecule has 0 radical (unpaired) electrons. The van der Waals surface area contributed by atoms with Gasteiger partial charge in [0, 0.05) is 13.1 Å². The summed E-state index contributed by atoms with van der Waals surface area (Å²) >= 11 is 1.39. The molecule has 0 bridgehead atoms. The Balaban J connectivity index is 1.97. The van der Waals surface area contributed by atoms with Crippen LogP contribution in [-0.2, 0) is 16.1 Å². The summed E-state index contributed by atoms with van der Waals surface area (Å²) in [4.78, 5) is 14.2. The maximum atomic E-state index is 12.1. The van der Waals surface area contributed by atoms with Gasteiger partial charge in [0.2, 0.25) is 11.0 Å². The molecule has 4 N–H and O–H groups in total. The number of morpholine rings is 1. The summed E-state index contributed by atoms with van der Waals surface area (Å²) in [5, 5.41) is 12.2. The summed E-state index contributed by atoms with van der Waals surface area (Å²) in [6.07, 6.45) is 0.918. The maximum Gasteiger partial charge on any atom is 0.239 e. The second-order valence-corrected chi connectivity index (χ2v) is 5.56. The van der Waals surface area contributed by atoms with Gasteiger partial charge < -0.3 is 10.1 Å². The average Bonchev–Trinajstić information content (AvgIpc) is 2.93. The van der Waals surface area contributed by atoms with E-state index in [2.05, 4.69) is 25.8 Å². The number of nitrogens with two attached hydrogens (primary N) is 1. The van der Waals surface area contributed by atoms with Gasteiger partial charge in [-0.3, -0.25) is 15.1 Å². The van der Waals surface area contributed by atoms with Crippen molar-refractivity contribution in [1.29, 1.82) is 0 Å². The average molecular weight is 300 g/mol. The standard InChI is InChI=1S/C11H20N6O2S/c1-2-3-13-10(18)8-7-19-5-4-17(8)6-9-15-16-11(14-12)20-9/h8H,2-7,12H2,1H3,(H,13,18)(H,14,16). The zero-order valence-corrected chi connectivity index (χ0v) is 12.3. The van der Waals surface area contributed by atoms with Gasteiger partial charge >= 0.3 is 0 Å². The van der Waals surface area contributed by atoms with Crippen molar-refractivity contribution in [2.75, 3.05) is 31.7 Å². The number of nitrogens with zero attached hydrogens (tertiary/aromatic N) is 3. The van der Waals surface area contributed by atoms with Crippen molar-refractivity contribution in [1.82, 2.24) is 20.4 Å². The summed E-state index contributed by atoms with van der Waals surface area (Å²) < 4.78 is 5.41. The molecule has 8 nitrogen and oxygen atoms in total. The lowest BCUT2D eigenvalue weighted by Crippen LogP contribution is -2.53. The van der Waals surface area contributed by atoms with Crippen molar-refractivity contribution in [3.05, 3.63) is 5.01 Å². The number of hydrogen-bond donors (Lipinski definition) is 3. The molecule has 2 heterocycles. The molecular formula is C11H20N6O2S. The number of hydrogen-bond acceptors (Lipinski definition) is 8. The fraction of sp³-hybridized carbons (Fsp3) is 0.727. The monoisotopic (exact) mass is 300 g/mol. The quantitative estimate of drug-likeness (QED) is 0.483. The van der Waals surface area contributed by atoms with Gasteiger partial charge in [-0.25, -0.2) is 5.84 Å². The summed E-state index contributed by atoms with van der Waals surface area (Å²) in [5.74, 6) is 5.29. The molecule has 0 aliphatic carbocycles. The van der Waals surface area contributed by atoms with Crippen molar-refractivity contribution >= 4 is 22.4 Å². The van der Waals surface area contributed by atoms with Gasteiger partial charge in [0.1, 0.15) is 11.0 Å². The van der Waals surface area contributed by atoms with E-state index in [0.29, 0.717) is 38.0 Å². The Morgan fingerprint density at radius 1 is 1.60 bits per heavy atom. The Hall–Kier alpha value is -1.29. The smallest absolute Gasteiger partial charge is 0.239 e. The summed E-state index contributed by atoms with van der Waals surface area (Å²) in [6.45, 7) is 5.03. The molecule has 0 spiro atoms. The van der Waals surface area contributed by atoms with Gasteiger partial charge in [-0.2, -0.15) is 0 Å². The lowest BCUT2D eigenvalue weighted by molar-refractivity contribution is -0.132. The lowest BCUT2D eigenvalue weighted by atomic mass is 10.2. The van der Waals surface area contributed by atoms with E-state index in [1.54, 1.807) is 0 Å². The number of anilines is 1. The SMILES string of the molecule is CCCNC(=O)C1COCCN1Cc1nnc(NN)s1. The van der Waals surface area contributed by atoms with Crippen molar-refractivity contribution in [3.63, 3.8) is 0 Å². The number of carbonyl (C=O) groups excluding carboxylic acids is 1. The predicted octanol–water partition coefficient (Wildman–Crippen LogP) is -0.449. The Morgan fingerprint density at radius 3 is 3.15 bits per heavy atom. The largest absolute Gasteiger partial charge is 0.378 e. The highest BCUT2D eigenvalue weighted by Gasteiger charge is 2.29. The van der Waals surface area contributed by atoms with Crippen molar-refractivity contribution in [2.24, 2.45) is 5.84 Å². The molecule has 1 fully saturated rings. The van der Waals surface area contributed by atoms with E-state index in [1.165, 1.54) is 11.3 Å². The van der Waals surface area contributed by atoms with E-state index in [4.69, 9.17) is 10.6 Å². The highest BCUT2D eigenvalue weighted by Crippen LogP contribution is 2.18. The van der Waals surface area contributed by atoms with Crippen LogP contribution in [0.1, 0.15) is 18.4 Å². The van der Waals surface area contributed by atoms with E-state index in [1.807, 2.05) is 6.92 Å². The third-order valence-corrected chi connectivity index (χ3v) is 3.86. The van der Waals surface area contributed by atoms with Crippen LogP contribution in [-0.4, -0.2) is 53.3 Å². The number of carbonyl (C=O) groups is 1. The summed E-state index contributed by atoms with van der Waals surface area (Å²) in [6, 6.07) is -0.270. The first-order valence-corrected chi connectivity index (χ1v) is 7.44. The van der Waals surface area contributed by atoms with E-state index in [9.17, 15) is 4.79 Å². The minimum Gasteiger partial charge on any atom is -0.378 e. The van der Waals surface area contributed by atoms with Gasteiger partial charge in [0.25, 0.3) is 0 Å². The number of amides is 1. The van der Waals surface area contributed by atoms with Crippen LogP contribution in [0.5, 0.6) is 0 Å². The first kappa shape index (κ1) is 15.1. The van der Waals surface area contributed by atoms with Crippen molar-refractivity contribution in [3.8, 4) is 0 Å². The molecule has 0 aromatic carbocycles. The molecule has 1 saturated heterocycles. The molecule has 1 aliphatic heterocycles. The maximum absolute atomic E-state index is 12.1. The molecule has 9 heteroatoms. The normalized spacial score (nSPS) is 19.8. The Kier molecular flexibility index (Phi) is 5.65. The van der Waals surface area contributed by atoms with Crippen LogP contribution in [0.4, 0.5) is 5.13 Å². The molecule has 2 rings (SSSR count). The van der Waals surface area contributed by atoms with Crippen LogP contribution < -0.4 is 16.6 Å². The highest BCUT2D eigenvalue weighted by atomic mass is 32.1. The zero-order chi connectivity index (χ0) is 14.4. The van der Waals surface area contributed by atoms with Gasteiger partial charge in [0.15, 0.2) is 0 Å². The molecule has 1 aliphatic rings. The van der Waals surface area contributed by atoms with Gasteiger partial charge in [-0.05, 0) is 6.42 Å². The molecule has 112 valence electrons. The zero-order valence-electron chi connectivity index (χ0n) is 11.5. The molecule has 0 saturated carbocycles. The molecular weight excluding hydrogens is 280 g/mol. The van der Waals surface area contributed by atoms with Crippen molar-refractivity contribution < 1.29 is 9.53 Å². The van der Waals surface area contributed by atoms with E-state index < -0.39 is 0 Å². The van der Waals surface area contributed by atoms with E-state index >= 15 is 0 Å². The summed E-state index contributed by atoms with van der Waals surface area (Å²) in [7, 11) is 0. The minimum atomic E-state index is -0.270. The third kappa shape index (κ3) is 3.85. The number of rotatable bonds is 6. The number of aromatic nitrogens is 2.